The Bertz CT molecular complexity index is 1030. The number of benzene rings is 2. The molecule has 0 unspecified atom stereocenters. The van der Waals surface area contributed by atoms with Gasteiger partial charge in [-0.25, -0.2) is 10.3 Å². The van der Waals surface area contributed by atoms with Gasteiger partial charge in [0, 0.05) is 5.56 Å². The van der Waals surface area contributed by atoms with Crippen molar-refractivity contribution in [3.63, 3.8) is 0 Å². The minimum Gasteiger partial charge on any atom is -0.258 e. The van der Waals surface area contributed by atoms with Crippen LogP contribution in [0.15, 0.2) is 48.5 Å². The summed E-state index contributed by atoms with van der Waals surface area (Å²) >= 11 is 6.31. The zero-order valence-electron chi connectivity index (χ0n) is 12.9. The van der Waals surface area contributed by atoms with E-state index in [0.29, 0.717) is 16.8 Å². The van der Waals surface area contributed by atoms with E-state index in [-0.39, 0.29) is 0 Å². The summed E-state index contributed by atoms with van der Waals surface area (Å²) in [7, 11) is 0. The fourth-order valence-electron chi connectivity index (χ4n) is 2.52. The van der Waals surface area contributed by atoms with Crippen molar-refractivity contribution in [3.05, 3.63) is 59.4 Å². The van der Waals surface area contributed by atoms with Crippen LogP contribution in [-0.2, 0) is 0 Å². The average molecular weight is 338 g/mol. The van der Waals surface area contributed by atoms with Gasteiger partial charge in [0.05, 0.1) is 15.9 Å². The molecule has 0 atom stereocenters. The van der Waals surface area contributed by atoms with Crippen molar-refractivity contribution in [2.45, 2.75) is 6.92 Å². The first-order valence-electron chi connectivity index (χ1n) is 7.46. The Hall–Kier alpha value is -2.83. The van der Waals surface area contributed by atoms with Crippen LogP contribution in [0.25, 0.3) is 22.3 Å². The molecule has 7 heteroatoms. The number of rotatable bonds is 3. The van der Waals surface area contributed by atoms with Crippen LogP contribution >= 0.6 is 11.6 Å². The zero-order valence-corrected chi connectivity index (χ0v) is 13.6. The van der Waals surface area contributed by atoms with Gasteiger partial charge in [-0.15, -0.1) is 0 Å². The second-order valence-electron chi connectivity index (χ2n) is 5.35. The number of halogens is 1. The van der Waals surface area contributed by atoms with Gasteiger partial charge >= 0.3 is 5.95 Å². The van der Waals surface area contributed by atoms with Crippen molar-refractivity contribution >= 4 is 34.3 Å². The molecule has 118 valence electrons. The van der Waals surface area contributed by atoms with Crippen molar-refractivity contribution < 1.29 is 5.32 Å². The van der Waals surface area contributed by atoms with Crippen LogP contribution in [0.1, 0.15) is 5.82 Å². The molecular weight excluding hydrogens is 324 g/mol. The van der Waals surface area contributed by atoms with Crippen molar-refractivity contribution in [2.24, 2.45) is 0 Å². The second-order valence-corrected chi connectivity index (χ2v) is 5.76. The first-order valence-corrected chi connectivity index (χ1v) is 7.84. The van der Waals surface area contributed by atoms with Crippen molar-refractivity contribution in [3.8, 4) is 11.4 Å². The number of hydrogen-bond acceptors (Lipinski definition) is 4. The van der Waals surface area contributed by atoms with Crippen molar-refractivity contribution in [1.82, 2.24) is 25.1 Å². The lowest BCUT2D eigenvalue weighted by molar-refractivity contribution is -0.489. The third-order valence-electron chi connectivity index (χ3n) is 3.63. The van der Waals surface area contributed by atoms with Crippen LogP contribution in [0, 0.1) is 6.92 Å². The summed E-state index contributed by atoms with van der Waals surface area (Å²) in [6, 6.07) is 15.4. The van der Waals surface area contributed by atoms with Gasteiger partial charge in [0.2, 0.25) is 5.82 Å². The molecule has 0 aliphatic carbocycles. The van der Waals surface area contributed by atoms with E-state index in [1.54, 1.807) is 0 Å². The number of para-hydroxylation sites is 1. The van der Waals surface area contributed by atoms with Crippen LogP contribution in [0.2, 0.25) is 5.02 Å². The Morgan fingerprint density at radius 3 is 2.54 bits per heavy atom. The van der Waals surface area contributed by atoms with Gasteiger partial charge < -0.3 is 0 Å². The molecule has 0 aliphatic rings. The van der Waals surface area contributed by atoms with E-state index < -0.39 is 0 Å². The Labute approximate surface area is 143 Å². The molecule has 2 aromatic heterocycles. The van der Waals surface area contributed by atoms with E-state index in [4.69, 9.17) is 16.6 Å². The number of aromatic nitrogens is 5. The number of nitrogens with one attached hydrogen (secondary N) is 1. The standard InChI is InChI=1S/C17H13ClN6/c1-10-19-17(24-23-10)22-16-12-7-3-5-9-14(12)20-15(21-16)11-6-2-4-8-13(11)18/h2-9H,1H3,(H2,19,20,21,22,23,24)/p+1. The summed E-state index contributed by atoms with van der Waals surface area (Å²) in [5, 5.41) is 10.4. The van der Waals surface area contributed by atoms with Gasteiger partial charge in [-0.05, 0) is 31.2 Å². The fourth-order valence-corrected chi connectivity index (χ4v) is 2.74. The van der Waals surface area contributed by atoms with Gasteiger partial charge in [-0.1, -0.05) is 41.0 Å². The molecule has 24 heavy (non-hydrogen) atoms. The van der Waals surface area contributed by atoms with Crippen LogP contribution in [0.3, 0.4) is 0 Å². The van der Waals surface area contributed by atoms with Gasteiger partial charge in [0.15, 0.2) is 5.82 Å². The number of hydrogen-bond donors (Lipinski definition) is 2. The molecule has 4 aromatic rings. The van der Waals surface area contributed by atoms with Gasteiger partial charge in [-0.3, -0.25) is 5.10 Å². The number of nitrogens with zero attached hydrogens (tertiary/aromatic N) is 4. The molecular formula is C17H14ClN6+. The summed E-state index contributed by atoms with van der Waals surface area (Å²) in [4.78, 5) is 13.7. The molecule has 4 rings (SSSR count). The highest BCUT2D eigenvalue weighted by molar-refractivity contribution is 6.33. The molecule has 6 nitrogen and oxygen atoms in total. The monoisotopic (exact) mass is 337 g/mol. The van der Waals surface area contributed by atoms with Crippen LogP contribution < -0.4 is 5.32 Å². The molecule has 0 amide bonds. The maximum atomic E-state index is 6.31. The Balaban J connectivity index is 1.89. The maximum Gasteiger partial charge on any atom is 0.350 e. The van der Waals surface area contributed by atoms with Crippen LogP contribution in [0.4, 0.5) is 11.8 Å². The van der Waals surface area contributed by atoms with E-state index in [0.717, 1.165) is 28.1 Å². The number of quaternary nitrogens is 1. The molecule has 2 aromatic carbocycles. The molecule has 3 N–H and O–H groups in total. The van der Waals surface area contributed by atoms with Crippen molar-refractivity contribution in [2.75, 3.05) is 0 Å². The first kappa shape index (κ1) is 14.7. The third-order valence-corrected chi connectivity index (χ3v) is 3.96. The van der Waals surface area contributed by atoms with Gasteiger partial charge in [0.1, 0.15) is 5.82 Å². The summed E-state index contributed by atoms with van der Waals surface area (Å²) in [6.45, 7) is 1.86. The topological polar surface area (TPSA) is 84.0 Å². The molecule has 2 heterocycles. The molecule has 0 fully saturated rings. The molecule has 0 bridgehead atoms. The normalized spacial score (nSPS) is 11.1. The molecule has 0 saturated carbocycles. The second kappa shape index (κ2) is 5.99. The Kier molecular flexibility index (Phi) is 3.68. The molecule has 0 radical (unpaired) electrons. The van der Waals surface area contributed by atoms with Crippen LogP contribution in [0.5, 0.6) is 0 Å². The summed E-state index contributed by atoms with van der Waals surface area (Å²) < 4.78 is 0. The smallest absolute Gasteiger partial charge is 0.258 e. The highest BCUT2D eigenvalue weighted by Gasteiger charge is 2.16. The average Bonchev–Trinajstić information content (AvgIpc) is 3.00. The molecule has 0 aliphatic heterocycles. The highest BCUT2D eigenvalue weighted by atomic mass is 35.5. The van der Waals surface area contributed by atoms with Gasteiger partial charge in [-0.2, -0.15) is 9.97 Å². The van der Waals surface area contributed by atoms with Crippen molar-refractivity contribution in [1.29, 1.82) is 0 Å². The number of H-pyrrole nitrogens is 1. The quantitative estimate of drug-likeness (QED) is 0.602. The predicted octanol–water partition coefficient (Wildman–Crippen LogP) is 2.90. The minimum atomic E-state index is 0.581. The van der Waals surface area contributed by atoms with Crippen LogP contribution in [-0.4, -0.2) is 25.1 Å². The van der Waals surface area contributed by atoms with E-state index in [1.807, 2.05) is 60.8 Å². The number of aromatic amines is 1. The lowest BCUT2D eigenvalue weighted by Gasteiger charge is -2.06. The van der Waals surface area contributed by atoms with E-state index in [2.05, 4.69) is 20.2 Å². The first-order chi connectivity index (χ1) is 11.7. The summed E-state index contributed by atoms with van der Waals surface area (Å²) in [6.07, 6.45) is 0. The molecule has 0 spiro atoms. The van der Waals surface area contributed by atoms with E-state index in [1.165, 1.54) is 0 Å². The Morgan fingerprint density at radius 1 is 0.958 bits per heavy atom. The van der Waals surface area contributed by atoms with E-state index in [9.17, 15) is 0 Å². The Morgan fingerprint density at radius 2 is 1.75 bits per heavy atom. The number of nitrogens with two attached hydrogens (primary N) is 1. The maximum absolute atomic E-state index is 6.31. The minimum absolute atomic E-state index is 0.581. The summed E-state index contributed by atoms with van der Waals surface area (Å²) in [5.41, 5.74) is 1.65. The number of aryl methyl sites for hydroxylation is 1. The third kappa shape index (κ3) is 2.73. The van der Waals surface area contributed by atoms with Gasteiger partial charge in [0.25, 0.3) is 0 Å². The fraction of sp³-hybridized carbons (Fsp3) is 0.0588. The van der Waals surface area contributed by atoms with E-state index >= 15 is 0 Å². The SMILES string of the molecule is Cc1nc([NH2+]c2nc(-c3ccccc3Cl)nc3ccccc23)n[nH]1. The number of fused-ring (bicyclic) bond motifs is 1. The summed E-state index contributed by atoms with van der Waals surface area (Å²) in [5.74, 6) is 2.68. The lowest BCUT2D eigenvalue weighted by Crippen LogP contribution is -2.72. The lowest BCUT2D eigenvalue weighted by atomic mass is 10.2. The molecule has 0 saturated heterocycles. The zero-order chi connectivity index (χ0) is 16.5. The highest BCUT2D eigenvalue weighted by Crippen LogP contribution is 2.27. The largest absolute Gasteiger partial charge is 0.350 e. The predicted molar refractivity (Wildman–Crippen MR) is 92.3 cm³/mol.